The maximum absolute atomic E-state index is 13.0. The minimum absolute atomic E-state index is 0.0503. The van der Waals surface area contributed by atoms with Gasteiger partial charge in [0, 0.05) is 24.1 Å². The van der Waals surface area contributed by atoms with Gasteiger partial charge in [-0.1, -0.05) is 6.92 Å². The van der Waals surface area contributed by atoms with Crippen molar-refractivity contribution in [3.05, 3.63) is 17.0 Å². The molecular weight excluding hydrogens is 174 g/mol. The monoisotopic (exact) mass is 186 g/mol. The van der Waals surface area contributed by atoms with Gasteiger partial charge in [-0.15, -0.1) is 0 Å². The summed E-state index contributed by atoms with van der Waals surface area (Å²) in [6, 6.07) is 0. The Kier molecular flexibility index (Phi) is 1.86. The maximum atomic E-state index is 13.0. The largest absolute Gasteiger partial charge is 0.282 e. The minimum Gasteiger partial charge on any atom is -0.282 e. The number of halogens is 2. The Morgan fingerprint density at radius 1 is 1.54 bits per heavy atom. The average Bonchev–Trinajstić information content (AvgIpc) is 2.44. The van der Waals surface area contributed by atoms with Gasteiger partial charge in [-0.2, -0.15) is 5.10 Å². The molecule has 2 nitrogen and oxygen atoms in total. The Balaban J connectivity index is 2.36. The summed E-state index contributed by atoms with van der Waals surface area (Å²) >= 11 is 0. The molecule has 1 aromatic rings. The van der Waals surface area contributed by atoms with E-state index >= 15 is 0 Å². The molecule has 0 bridgehead atoms. The molecule has 0 amide bonds. The maximum Gasteiger partial charge on any atom is 0.252 e. The summed E-state index contributed by atoms with van der Waals surface area (Å²) < 4.78 is 26.1. The highest BCUT2D eigenvalue weighted by atomic mass is 19.3. The van der Waals surface area contributed by atoms with Crippen LogP contribution in [0.1, 0.15) is 30.3 Å². The zero-order valence-corrected chi connectivity index (χ0v) is 7.53. The van der Waals surface area contributed by atoms with E-state index in [-0.39, 0.29) is 12.8 Å². The fourth-order valence-electron chi connectivity index (χ4n) is 1.81. The number of rotatable bonds is 1. The fraction of sp³-hybridized carbons (Fsp3) is 0.667. The molecular formula is C9H12F2N2. The smallest absolute Gasteiger partial charge is 0.252 e. The van der Waals surface area contributed by atoms with E-state index in [0.29, 0.717) is 6.42 Å². The molecule has 1 aliphatic rings. The van der Waals surface area contributed by atoms with E-state index in [1.54, 1.807) is 0 Å². The van der Waals surface area contributed by atoms with E-state index in [1.165, 1.54) is 0 Å². The molecule has 0 aliphatic heterocycles. The van der Waals surface area contributed by atoms with Gasteiger partial charge in [0.1, 0.15) is 0 Å². The Morgan fingerprint density at radius 2 is 2.31 bits per heavy atom. The number of aromatic amines is 1. The molecule has 0 fully saturated rings. The Bertz CT molecular complexity index is 304. The van der Waals surface area contributed by atoms with E-state index in [2.05, 4.69) is 10.2 Å². The van der Waals surface area contributed by atoms with Crippen LogP contribution < -0.4 is 0 Å². The summed E-state index contributed by atoms with van der Waals surface area (Å²) in [6.07, 6.45) is 0.963. The average molecular weight is 186 g/mol. The lowest BCUT2D eigenvalue weighted by Crippen LogP contribution is -2.26. The van der Waals surface area contributed by atoms with Crippen LogP contribution in [0.2, 0.25) is 0 Å². The molecule has 13 heavy (non-hydrogen) atoms. The van der Waals surface area contributed by atoms with Crippen LogP contribution in [0.3, 0.4) is 0 Å². The summed E-state index contributed by atoms with van der Waals surface area (Å²) in [4.78, 5) is 0. The van der Waals surface area contributed by atoms with E-state index in [1.807, 2.05) is 6.92 Å². The number of nitrogens with one attached hydrogen (secondary N) is 1. The van der Waals surface area contributed by atoms with Gasteiger partial charge in [-0.3, -0.25) is 5.10 Å². The fourth-order valence-corrected chi connectivity index (χ4v) is 1.81. The summed E-state index contributed by atoms with van der Waals surface area (Å²) in [5.41, 5.74) is 2.45. The molecule has 0 spiro atoms. The van der Waals surface area contributed by atoms with Crippen molar-refractivity contribution in [3.8, 4) is 0 Å². The van der Waals surface area contributed by atoms with Gasteiger partial charge >= 0.3 is 0 Å². The standard InChI is InChI=1S/C9H12F2N2/c1-2-7-6-5-9(10,11)4-3-8(6)13-12-7/h2-5H2,1H3,(H,12,13). The quantitative estimate of drug-likeness (QED) is 0.714. The predicted molar refractivity (Wildman–Crippen MR) is 44.9 cm³/mol. The molecule has 2 rings (SSSR count). The third-order valence-corrected chi connectivity index (χ3v) is 2.55. The summed E-state index contributed by atoms with van der Waals surface area (Å²) in [6.45, 7) is 1.93. The number of hydrogen-bond donors (Lipinski definition) is 1. The summed E-state index contributed by atoms with van der Waals surface area (Å²) in [7, 11) is 0. The molecule has 1 heterocycles. The molecule has 0 aromatic carbocycles. The van der Waals surface area contributed by atoms with Crippen molar-refractivity contribution in [2.45, 2.75) is 38.5 Å². The highest BCUT2D eigenvalue weighted by Gasteiger charge is 2.36. The third-order valence-electron chi connectivity index (χ3n) is 2.55. The Labute approximate surface area is 75.3 Å². The van der Waals surface area contributed by atoms with Crippen LogP contribution in [-0.4, -0.2) is 16.1 Å². The van der Waals surface area contributed by atoms with Gasteiger partial charge < -0.3 is 0 Å². The second kappa shape index (κ2) is 2.79. The number of H-pyrrole nitrogens is 1. The molecule has 1 N–H and O–H groups in total. The Morgan fingerprint density at radius 3 is 3.00 bits per heavy atom. The number of aromatic nitrogens is 2. The molecule has 1 aliphatic carbocycles. The first-order valence-corrected chi connectivity index (χ1v) is 4.55. The normalized spacial score (nSPS) is 19.9. The number of hydrogen-bond acceptors (Lipinski definition) is 1. The van der Waals surface area contributed by atoms with Crippen molar-refractivity contribution in [1.29, 1.82) is 0 Å². The molecule has 1 aromatic heterocycles. The minimum atomic E-state index is -2.53. The van der Waals surface area contributed by atoms with Crippen molar-refractivity contribution < 1.29 is 8.78 Å². The number of aryl methyl sites for hydroxylation is 2. The van der Waals surface area contributed by atoms with Crippen LogP contribution in [0.4, 0.5) is 8.78 Å². The first kappa shape index (κ1) is 8.66. The molecule has 0 radical (unpaired) electrons. The zero-order chi connectivity index (χ0) is 9.47. The number of fused-ring (bicyclic) bond motifs is 1. The van der Waals surface area contributed by atoms with Crippen molar-refractivity contribution >= 4 is 0 Å². The lowest BCUT2D eigenvalue weighted by Gasteiger charge is -2.21. The van der Waals surface area contributed by atoms with E-state index in [0.717, 1.165) is 23.4 Å². The highest BCUT2D eigenvalue weighted by Crippen LogP contribution is 2.33. The zero-order valence-electron chi connectivity index (χ0n) is 7.53. The first-order valence-electron chi connectivity index (χ1n) is 4.55. The molecule has 4 heteroatoms. The van der Waals surface area contributed by atoms with Gasteiger partial charge in [0.25, 0.3) is 5.92 Å². The van der Waals surface area contributed by atoms with E-state index in [9.17, 15) is 8.78 Å². The molecule has 0 saturated carbocycles. The van der Waals surface area contributed by atoms with E-state index < -0.39 is 5.92 Å². The van der Waals surface area contributed by atoms with E-state index in [4.69, 9.17) is 0 Å². The van der Waals surface area contributed by atoms with Crippen LogP contribution >= 0.6 is 0 Å². The van der Waals surface area contributed by atoms with Gasteiger partial charge in [0.15, 0.2) is 0 Å². The summed E-state index contributed by atoms with van der Waals surface area (Å²) in [5, 5.41) is 6.86. The van der Waals surface area contributed by atoms with Crippen LogP contribution in [0.25, 0.3) is 0 Å². The molecule has 0 unspecified atom stereocenters. The predicted octanol–water partition coefficient (Wildman–Crippen LogP) is 2.10. The number of alkyl halides is 2. The lowest BCUT2D eigenvalue weighted by molar-refractivity contribution is -0.0126. The van der Waals surface area contributed by atoms with Gasteiger partial charge in [0.2, 0.25) is 0 Å². The summed E-state index contributed by atoms with van der Waals surface area (Å²) in [5.74, 6) is -2.53. The Hall–Kier alpha value is -0.930. The lowest BCUT2D eigenvalue weighted by atomic mass is 9.92. The number of nitrogens with zero attached hydrogens (tertiary/aromatic N) is 1. The van der Waals surface area contributed by atoms with Gasteiger partial charge in [-0.25, -0.2) is 8.78 Å². The second-order valence-electron chi connectivity index (χ2n) is 3.51. The van der Waals surface area contributed by atoms with Crippen molar-refractivity contribution in [1.82, 2.24) is 10.2 Å². The van der Waals surface area contributed by atoms with Gasteiger partial charge in [0.05, 0.1) is 5.69 Å². The molecule has 72 valence electrons. The molecule has 0 atom stereocenters. The van der Waals surface area contributed by atoms with Crippen molar-refractivity contribution in [2.75, 3.05) is 0 Å². The van der Waals surface area contributed by atoms with Crippen molar-refractivity contribution in [2.24, 2.45) is 0 Å². The van der Waals surface area contributed by atoms with Crippen LogP contribution in [0.15, 0.2) is 0 Å². The van der Waals surface area contributed by atoms with Crippen molar-refractivity contribution in [3.63, 3.8) is 0 Å². The topological polar surface area (TPSA) is 28.7 Å². The molecule has 0 saturated heterocycles. The van der Waals surface area contributed by atoms with Gasteiger partial charge in [-0.05, 0) is 12.8 Å². The van der Waals surface area contributed by atoms with Crippen LogP contribution in [0.5, 0.6) is 0 Å². The first-order chi connectivity index (χ1) is 6.12. The highest BCUT2D eigenvalue weighted by molar-refractivity contribution is 5.29. The van der Waals surface area contributed by atoms with Crippen LogP contribution in [-0.2, 0) is 19.3 Å². The second-order valence-corrected chi connectivity index (χ2v) is 3.51. The SMILES string of the molecule is CCc1n[nH]c2c1CC(F)(F)CC2. The van der Waals surface area contributed by atoms with Crippen LogP contribution in [0, 0.1) is 0 Å². The third kappa shape index (κ3) is 1.45.